The highest BCUT2D eigenvalue weighted by molar-refractivity contribution is 7.89. The largest absolute Gasteiger partial charge is 0.480 e. The molecule has 0 bridgehead atoms. The van der Waals surface area contributed by atoms with Crippen molar-refractivity contribution in [1.29, 1.82) is 0 Å². The molecule has 0 aliphatic rings. The van der Waals surface area contributed by atoms with Gasteiger partial charge < -0.3 is 21.5 Å². The molecule has 0 aliphatic heterocycles. The summed E-state index contributed by atoms with van der Waals surface area (Å²) in [6.07, 6.45) is -0.359. The van der Waals surface area contributed by atoms with E-state index in [1.54, 1.807) is 0 Å². The van der Waals surface area contributed by atoms with Crippen molar-refractivity contribution < 1.29 is 27.9 Å². The molecular formula is C8H16N4O6S. The van der Waals surface area contributed by atoms with Crippen LogP contribution in [0, 0.1) is 0 Å². The molecule has 0 rings (SSSR count). The molecule has 11 heteroatoms. The highest BCUT2D eigenvalue weighted by Crippen LogP contribution is 1.97. The number of urea groups is 1. The minimum absolute atomic E-state index is 0.159. The van der Waals surface area contributed by atoms with Crippen LogP contribution in [0.2, 0.25) is 0 Å². The van der Waals surface area contributed by atoms with E-state index < -0.39 is 39.7 Å². The Labute approximate surface area is 109 Å². The molecule has 19 heavy (non-hydrogen) atoms. The molecule has 0 aliphatic carbocycles. The van der Waals surface area contributed by atoms with E-state index in [1.165, 1.54) is 0 Å². The Hall–Kier alpha value is -1.88. The van der Waals surface area contributed by atoms with Crippen molar-refractivity contribution in [2.45, 2.75) is 18.9 Å². The fourth-order valence-electron chi connectivity index (χ4n) is 1.06. The van der Waals surface area contributed by atoms with Crippen molar-refractivity contribution in [3.8, 4) is 0 Å². The quantitative estimate of drug-likeness (QED) is 0.324. The lowest BCUT2D eigenvalue weighted by molar-refractivity contribution is -0.139. The summed E-state index contributed by atoms with van der Waals surface area (Å²) in [5, 5.41) is 17.7. The van der Waals surface area contributed by atoms with Crippen LogP contribution in [0.25, 0.3) is 0 Å². The van der Waals surface area contributed by atoms with Gasteiger partial charge in [-0.1, -0.05) is 0 Å². The van der Waals surface area contributed by atoms with E-state index in [0.717, 1.165) is 0 Å². The second-order valence-electron chi connectivity index (χ2n) is 3.66. The molecule has 7 N–H and O–H groups in total. The van der Waals surface area contributed by atoms with E-state index in [4.69, 9.17) is 16.0 Å². The first-order valence-corrected chi connectivity index (χ1v) is 6.89. The summed E-state index contributed by atoms with van der Waals surface area (Å²) in [6.45, 7) is -0.257. The molecule has 0 fully saturated rings. The smallest absolute Gasteiger partial charge is 0.326 e. The number of amides is 3. The number of aliphatic carboxylic acids is 1. The first-order valence-electron chi connectivity index (χ1n) is 5.18. The van der Waals surface area contributed by atoms with Crippen LogP contribution in [0.4, 0.5) is 4.79 Å². The summed E-state index contributed by atoms with van der Waals surface area (Å²) in [4.78, 5) is 32.5. The van der Waals surface area contributed by atoms with Gasteiger partial charge in [0.05, 0.1) is 5.75 Å². The standard InChI is InChI=1S/C8H16N4O6S/c9-6(13)2-1-5(7(14)15)12-8(16)11-3-4-19(10,17)18/h5H,1-4H2,(H2,9,13)(H,14,15)(H2,10,17,18)(H2,11,12,16). The first kappa shape index (κ1) is 17.1. The van der Waals surface area contributed by atoms with Crippen molar-refractivity contribution in [1.82, 2.24) is 10.6 Å². The number of sulfonamides is 1. The van der Waals surface area contributed by atoms with Crippen molar-refractivity contribution in [2.75, 3.05) is 12.3 Å². The molecule has 1 atom stereocenters. The van der Waals surface area contributed by atoms with E-state index >= 15 is 0 Å². The summed E-state index contributed by atoms with van der Waals surface area (Å²) < 4.78 is 21.2. The second-order valence-corrected chi connectivity index (χ2v) is 5.40. The molecule has 0 spiro atoms. The monoisotopic (exact) mass is 296 g/mol. The average molecular weight is 296 g/mol. The van der Waals surface area contributed by atoms with Gasteiger partial charge >= 0.3 is 12.0 Å². The molecule has 0 aromatic rings. The van der Waals surface area contributed by atoms with Gasteiger partial charge in [0.1, 0.15) is 6.04 Å². The van der Waals surface area contributed by atoms with Gasteiger partial charge in [-0.3, -0.25) is 4.79 Å². The molecule has 0 saturated heterocycles. The van der Waals surface area contributed by atoms with Gasteiger partial charge in [0.25, 0.3) is 0 Å². The summed E-state index contributed by atoms with van der Waals surface area (Å²) in [7, 11) is -3.71. The zero-order chi connectivity index (χ0) is 15.1. The lowest BCUT2D eigenvalue weighted by Gasteiger charge is -2.14. The van der Waals surface area contributed by atoms with E-state index in [2.05, 4.69) is 10.6 Å². The summed E-state index contributed by atoms with van der Waals surface area (Å²) in [5.74, 6) is -2.50. The van der Waals surface area contributed by atoms with E-state index in [-0.39, 0.29) is 19.4 Å². The highest BCUT2D eigenvalue weighted by atomic mass is 32.2. The fourth-order valence-corrected chi connectivity index (χ4v) is 1.45. The molecule has 0 saturated carbocycles. The molecule has 3 amide bonds. The molecule has 0 heterocycles. The molecule has 10 nitrogen and oxygen atoms in total. The van der Waals surface area contributed by atoms with E-state index in [0.29, 0.717) is 0 Å². The summed E-state index contributed by atoms with van der Waals surface area (Å²) in [5.41, 5.74) is 4.86. The Balaban J connectivity index is 4.17. The summed E-state index contributed by atoms with van der Waals surface area (Å²) >= 11 is 0. The van der Waals surface area contributed by atoms with E-state index in [1.807, 2.05) is 0 Å². The molecular weight excluding hydrogens is 280 g/mol. The minimum atomic E-state index is -3.71. The number of primary sulfonamides is 1. The highest BCUT2D eigenvalue weighted by Gasteiger charge is 2.20. The number of carbonyl (C=O) groups excluding carboxylic acids is 2. The normalized spacial score (nSPS) is 12.5. The van der Waals surface area contributed by atoms with Crippen LogP contribution in [0.1, 0.15) is 12.8 Å². The number of hydrogen-bond donors (Lipinski definition) is 5. The van der Waals surface area contributed by atoms with Gasteiger partial charge in [-0.05, 0) is 6.42 Å². The van der Waals surface area contributed by atoms with Gasteiger partial charge in [-0.15, -0.1) is 0 Å². The Morgan fingerprint density at radius 1 is 1.26 bits per heavy atom. The number of carboxylic acids is 1. The maximum Gasteiger partial charge on any atom is 0.326 e. The third kappa shape index (κ3) is 9.79. The number of carboxylic acid groups (broad SMARTS) is 1. The van der Waals surface area contributed by atoms with Crippen molar-refractivity contribution in [3.63, 3.8) is 0 Å². The van der Waals surface area contributed by atoms with Crippen molar-refractivity contribution >= 4 is 27.9 Å². The van der Waals surface area contributed by atoms with Crippen LogP contribution in [0.15, 0.2) is 0 Å². The van der Waals surface area contributed by atoms with Crippen LogP contribution in [0.3, 0.4) is 0 Å². The van der Waals surface area contributed by atoms with Crippen molar-refractivity contribution in [3.05, 3.63) is 0 Å². The fraction of sp³-hybridized carbons (Fsp3) is 0.625. The van der Waals surface area contributed by atoms with Crippen LogP contribution < -0.4 is 21.5 Å². The topological polar surface area (TPSA) is 182 Å². The van der Waals surface area contributed by atoms with E-state index in [9.17, 15) is 22.8 Å². The number of rotatable bonds is 8. The number of primary amides is 1. The number of hydrogen-bond acceptors (Lipinski definition) is 5. The summed E-state index contributed by atoms with van der Waals surface area (Å²) in [6, 6.07) is -2.16. The Kier molecular flexibility index (Phi) is 6.79. The van der Waals surface area contributed by atoms with Crippen LogP contribution in [-0.4, -0.2) is 49.8 Å². The molecule has 0 aromatic carbocycles. The second kappa shape index (κ2) is 7.53. The third-order valence-corrected chi connectivity index (χ3v) is 2.73. The molecule has 0 radical (unpaired) electrons. The number of carbonyl (C=O) groups is 3. The van der Waals surface area contributed by atoms with Gasteiger partial charge in [-0.2, -0.15) is 0 Å². The minimum Gasteiger partial charge on any atom is -0.480 e. The van der Waals surface area contributed by atoms with Crippen LogP contribution in [-0.2, 0) is 19.6 Å². The predicted molar refractivity (Wildman–Crippen MR) is 64.4 cm³/mol. The molecule has 1 unspecified atom stereocenters. The van der Waals surface area contributed by atoms with Crippen LogP contribution in [0.5, 0.6) is 0 Å². The van der Waals surface area contributed by atoms with Crippen LogP contribution >= 0.6 is 0 Å². The zero-order valence-electron chi connectivity index (χ0n) is 9.96. The zero-order valence-corrected chi connectivity index (χ0v) is 10.8. The Morgan fingerprint density at radius 3 is 2.26 bits per heavy atom. The van der Waals surface area contributed by atoms with Gasteiger partial charge in [0, 0.05) is 13.0 Å². The first-order chi connectivity index (χ1) is 8.61. The van der Waals surface area contributed by atoms with Gasteiger partial charge in [0.2, 0.25) is 15.9 Å². The Bertz CT molecular complexity index is 448. The lowest BCUT2D eigenvalue weighted by atomic mass is 10.1. The molecule has 0 aromatic heterocycles. The maximum absolute atomic E-state index is 11.3. The van der Waals surface area contributed by atoms with Crippen molar-refractivity contribution in [2.24, 2.45) is 10.9 Å². The number of nitrogens with two attached hydrogens (primary N) is 2. The lowest BCUT2D eigenvalue weighted by Crippen LogP contribution is -2.47. The number of nitrogens with one attached hydrogen (secondary N) is 2. The third-order valence-electron chi connectivity index (χ3n) is 1.95. The average Bonchev–Trinajstić information content (AvgIpc) is 2.21. The van der Waals surface area contributed by atoms with Gasteiger partial charge in [-0.25, -0.2) is 23.1 Å². The molecule has 110 valence electrons. The maximum atomic E-state index is 11.3. The SMILES string of the molecule is NC(=O)CCC(NC(=O)NCCS(N)(=O)=O)C(=O)O. The Morgan fingerprint density at radius 2 is 1.84 bits per heavy atom. The predicted octanol–water partition coefficient (Wildman–Crippen LogP) is -2.71. The van der Waals surface area contributed by atoms with Gasteiger partial charge in [0.15, 0.2) is 0 Å².